The number of thioether (sulfide) groups is 1. The number of rotatable bonds is 7. The van der Waals surface area contributed by atoms with Crippen molar-refractivity contribution in [3.05, 3.63) is 64.1 Å². The maximum Gasteiger partial charge on any atom is 0.335 e. The molecule has 0 bridgehead atoms. The van der Waals surface area contributed by atoms with E-state index in [1.807, 2.05) is 19.9 Å². The third-order valence-corrected chi connectivity index (χ3v) is 4.96. The molecule has 0 radical (unpaired) electrons. The van der Waals surface area contributed by atoms with Crippen molar-refractivity contribution in [2.24, 2.45) is 5.10 Å². The van der Waals surface area contributed by atoms with Gasteiger partial charge in [0.15, 0.2) is 5.16 Å². The minimum absolute atomic E-state index is 0.0959. The number of nitrogens with one attached hydrogen (secondary N) is 1. The van der Waals surface area contributed by atoms with Crippen molar-refractivity contribution in [1.29, 1.82) is 0 Å². The highest BCUT2D eigenvalue weighted by Gasteiger charge is 2.12. The fourth-order valence-electron chi connectivity index (χ4n) is 2.50. The lowest BCUT2D eigenvalue weighted by Crippen LogP contribution is -2.19. The van der Waals surface area contributed by atoms with Gasteiger partial charge in [0.05, 0.1) is 22.6 Å². The van der Waals surface area contributed by atoms with Gasteiger partial charge in [-0.2, -0.15) is 5.10 Å². The highest BCUT2D eigenvalue weighted by atomic mass is 35.5. The Morgan fingerprint density at radius 2 is 1.93 bits per heavy atom. The third kappa shape index (κ3) is 5.68. The molecule has 2 aromatic heterocycles. The van der Waals surface area contributed by atoms with Gasteiger partial charge in [-0.15, -0.1) is 0 Å². The molecule has 3 aromatic rings. The maximum absolute atomic E-state index is 11.9. The van der Waals surface area contributed by atoms with Crippen molar-refractivity contribution in [3.63, 3.8) is 0 Å². The van der Waals surface area contributed by atoms with Crippen LogP contribution in [0.1, 0.15) is 27.5 Å². The number of hydrogen-bond donors (Lipinski definition) is 2. The molecular weight excluding hydrogens is 428 g/mol. The van der Waals surface area contributed by atoms with Crippen molar-refractivity contribution in [2.45, 2.75) is 19.0 Å². The summed E-state index contributed by atoms with van der Waals surface area (Å²) in [5, 5.41) is 13.9. The normalized spacial score (nSPS) is 11.0. The molecule has 8 nitrogen and oxygen atoms in total. The lowest BCUT2D eigenvalue weighted by molar-refractivity contribution is -0.118. The number of carbonyl (C=O) groups excluding carboxylic acids is 1. The summed E-state index contributed by atoms with van der Waals surface area (Å²) in [5.74, 6) is -0.511. The number of nitrogens with zero attached hydrogens (tertiary/aromatic N) is 3. The predicted octanol–water partition coefficient (Wildman–Crippen LogP) is 3.95. The summed E-state index contributed by atoms with van der Waals surface area (Å²) in [4.78, 5) is 31.6. The van der Waals surface area contributed by atoms with Crippen LogP contribution < -0.4 is 5.43 Å². The minimum Gasteiger partial charge on any atom is -0.478 e. The molecule has 0 saturated heterocycles. The number of carboxylic acids is 1. The van der Waals surface area contributed by atoms with E-state index < -0.39 is 5.97 Å². The number of amides is 1. The van der Waals surface area contributed by atoms with Crippen LogP contribution in [0, 0.1) is 13.8 Å². The standard InChI is InChI=1S/C20H17ClN4O4S/c1-11-7-12(2)24-20(23-11)30-10-18(26)25-22-9-14-4-6-17(29-14)15-8-13(19(27)28)3-5-16(15)21/h3-9H,10H2,1-2H3,(H,25,26)(H,27,28)/b22-9-. The van der Waals surface area contributed by atoms with Crippen molar-refractivity contribution >= 4 is 41.5 Å². The van der Waals surface area contributed by atoms with E-state index in [1.165, 1.54) is 36.2 Å². The molecule has 0 atom stereocenters. The first kappa shape index (κ1) is 21.5. The Labute approximate surface area is 181 Å². The summed E-state index contributed by atoms with van der Waals surface area (Å²) in [6.45, 7) is 3.73. The average molecular weight is 445 g/mol. The molecule has 0 aliphatic heterocycles. The Morgan fingerprint density at radius 3 is 2.63 bits per heavy atom. The summed E-state index contributed by atoms with van der Waals surface area (Å²) in [6.07, 6.45) is 1.34. The summed E-state index contributed by atoms with van der Waals surface area (Å²) in [6, 6.07) is 9.47. The zero-order chi connectivity index (χ0) is 21.7. The summed E-state index contributed by atoms with van der Waals surface area (Å²) < 4.78 is 5.62. The molecule has 0 fully saturated rings. The molecule has 30 heavy (non-hydrogen) atoms. The van der Waals surface area contributed by atoms with Crippen LogP contribution in [0.5, 0.6) is 0 Å². The van der Waals surface area contributed by atoms with E-state index in [4.69, 9.17) is 21.1 Å². The molecule has 2 N–H and O–H groups in total. The number of hydrogen-bond acceptors (Lipinski definition) is 7. The lowest BCUT2D eigenvalue weighted by atomic mass is 10.1. The maximum atomic E-state index is 11.9. The Hall–Kier alpha value is -3.17. The van der Waals surface area contributed by atoms with E-state index in [0.29, 0.717) is 27.3 Å². The first-order chi connectivity index (χ1) is 14.3. The van der Waals surface area contributed by atoms with Gasteiger partial charge in [0.1, 0.15) is 11.5 Å². The van der Waals surface area contributed by atoms with Crippen LogP contribution in [0.15, 0.2) is 51.1 Å². The number of aromatic carboxylic acids is 1. The van der Waals surface area contributed by atoms with Crippen LogP contribution in [0.3, 0.4) is 0 Å². The number of aryl methyl sites for hydroxylation is 2. The summed E-state index contributed by atoms with van der Waals surface area (Å²) in [7, 11) is 0. The molecule has 154 valence electrons. The fraction of sp³-hybridized carbons (Fsp3) is 0.150. The largest absolute Gasteiger partial charge is 0.478 e. The van der Waals surface area contributed by atoms with E-state index in [2.05, 4.69) is 20.5 Å². The van der Waals surface area contributed by atoms with Crippen LogP contribution in [-0.2, 0) is 4.79 Å². The second kappa shape index (κ2) is 9.55. The molecule has 0 aliphatic rings. The van der Waals surface area contributed by atoms with E-state index >= 15 is 0 Å². The van der Waals surface area contributed by atoms with Crippen LogP contribution >= 0.6 is 23.4 Å². The molecule has 0 unspecified atom stereocenters. The van der Waals surface area contributed by atoms with E-state index in [-0.39, 0.29) is 17.2 Å². The smallest absolute Gasteiger partial charge is 0.335 e. The monoisotopic (exact) mass is 444 g/mol. The number of benzene rings is 1. The Morgan fingerprint density at radius 1 is 1.20 bits per heavy atom. The number of hydrazone groups is 1. The second-order valence-corrected chi connectivity index (χ2v) is 7.57. The average Bonchev–Trinajstić information content (AvgIpc) is 3.14. The molecule has 0 spiro atoms. The van der Waals surface area contributed by atoms with Gasteiger partial charge in [0.25, 0.3) is 5.91 Å². The van der Waals surface area contributed by atoms with Gasteiger partial charge in [-0.3, -0.25) is 4.79 Å². The quantitative estimate of drug-likeness (QED) is 0.245. The van der Waals surface area contributed by atoms with E-state index in [9.17, 15) is 9.59 Å². The summed E-state index contributed by atoms with van der Waals surface area (Å²) >= 11 is 7.35. The molecule has 2 heterocycles. The van der Waals surface area contributed by atoms with Gasteiger partial charge in [-0.1, -0.05) is 23.4 Å². The number of aromatic nitrogens is 2. The molecular formula is C20H17ClN4O4S. The van der Waals surface area contributed by atoms with Crippen molar-refractivity contribution < 1.29 is 19.1 Å². The van der Waals surface area contributed by atoms with Gasteiger partial charge in [-0.05, 0) is 50.2 Å². The van der Waals surface area contributed by atoms with Crippen LogP contribution in [0.4, 0.5) is 0 Å². The number of furan rings is 1. The van der Waals surface area contributed by atoms with Crippen LogP contribution in [0.2, 0.25) is 5.02 Å². The van der Waals surface area contributed by atoms with Crippen LogP contribution in [-0.4, -0.2) is 38.9 Å². The first-order valence-corrected chi connectivity index (χ1v) is 10.1. The molecule has 3 rings (SSSR count). The van der Waals surface area contributed by atoms with Gasteiger partial charge in [0.2, 0.25) is 0 Å². The second-order valence-electron chi connectivity index (χ2n) is 6.22. The third-order valence-electron chi connectivity index (χ3n) is 3.78. The molecule has 0 saturated carbocycles. The zero-order valence-corrected chi connectivity index (χ0v) is 17.6. The van der Waals surface area contributed by atoms with Gasteiger partial charge >= 0.3 is 5.97 Å². The summed E-state index contributed by atoms with van der Waals surface area (Å²) in [5.41, 5.74) is 4.63. The Bertz CT molecular complexity index is 1110. The van der Waals surface area contributed by atoms with Gasteiger partial charge < -0.3 is 9.52 Å². The molecule has 0 aliphatic carbocycles. The minimum atomic E-state index is -1.06. The van der Waals surface area contributed by atoms with Gasteiger partial charge in [-0.25, -0.2) is 20.2 Å². The van der Waals surface area contributed by atoms with Gasteiger partial charge in [0, 0.05) is 17.0 Å². The number of carboxylic acid groups (broad SMARTS) is 1. The van der Waals surface area contributed by atoms with E-state index in [1.54, 1.807) is 12.1 Å². The SMILES string of the molecule is Cc1cc(C)nc(SCC(=O)N/N=C\c2ccc(-c3cc(C(=O)O)ccc3Cl)o2)n1. The van der Waals surface area contributed by atoms with Crippen molar-refractivity contribution in [2.75, 3.05) is 5.75 Å². The fourth-order valence-corrected chi connectivity index (χ4v) is 3.46. The topological polar surface area (TPSA) is 118 Å². The van der Waals surface area contributed by atoms with Crippen molar-refractivity contribution in [3.8, 4) is 11.3 Å². The predicted molar refractivity (Wildman–Crippen MR) is 114 cm³/mol. The molecule has 1 amide bonds. The number of carbonyl (C=O) groups is 2. The van der Waals surface area contributed by atoms with Crippen LogP contribution in [0.25, 0.3) is 11.3 Å². The van der Waals surface area contributed by atoms with Crippen molar-refractivity contribution in [1.82, 2.24) is 15.4 Å². The number of halogens is 1. The zero-order valence-electron chi connectivity index (χ0n) is 16.0. The Kier molecular flexibility index (Phi) is 6.86. The molecule has 10 heteroatoms. The van der Waals surface area contributed by atoms with E-state index in [0.717, 1.165) is 11.4 Å². The lowest BCUT2D eigenvalue weighted by Gasteiger charge is -2.02. The molecule has 1 aromatic carbocycles. The first-order valence-electron chi connectivity index (χ1n) is 8.72. The highest BCUT2D eigenvalue weighted by molar-refractivity contribution is 7.99. The highest BCUT2D eigenvalue weighted by Crippen LogP contribution is 2.30. The Balaban J connectivity index is 1.59.